The van der Waals surface area contributed by atoms with Crippen LogP contribution in [0.4, 0.5) is 10.5 Å². The predicted molar refractivity (Wildman–Crippen MR) is 74.2 cm³/mol. The number of anilines is 1. The number of benzene rings is 1. The highest BCUT2D eigenvalue weighted by atomic mass is 16.4. The maximum Gasteiger partial charge on any atom is 0.326 e. The van der Waals surface area contributed by atoms with Crippen molar-refractivity contribution in [2.24, 2.45) is 5.92 Å². The molecule has 2 atom stereocenters. The lowest BCUT2D eigenvalue weighted by molar-refractivity contribution is -0.140. The molecule has 0 heterocycles. The second-order valence-corrected chi connectivity index (χ2v) is 4.67. The number of rotatable bonds is 5. The van der Waals surface area contributed by atoms with Crippen LogP contribution in [0.2, 0.25) is 0 Å². The molecule has 3 N–H and O–H groups in total. The quantitative estimate of drug-likeness (QED) is 0.765. The van der Waals surface area contributed by atoms with E-state index in [1.54, 1.807) is 13.0 Å². The third-order valence-corrected chi connectivity index (χ3v) is 3.04. The van der Waals surface area contributed by atoms with E-state index in [-0.39, 0.29) is 5.92 Å². The summed E-state index contributed by atoms with van der Waals surface area (Å²) in [5.41, 5.74) is 1.67. The standard InChI is InChI=1S/C14H20N2O3/c1-4-10(3)12(13(17)18)16-14(19)15-11-7-5-6-9(2)8-11/h5-8,10,12H,4H2,1-3H3,(H,17,18)(H2,15,16,19)/t10-,12+/m1/s1. The number of hydrogen-bond donors (Lipinski definition) is 3. The minimum atomic E-state index is -1.02. The Morgan fingerprint density at radius 2 is 2.05 bits per heavy atom. The van der Waals surface area contributed by atoms with E-state index < -0.39 is 18.0 Å². The van der Waals surface area contributed by atoms with Crippen molar-refractivity contribution in [1.29, 1.82) is 0 Å². The Morgan fingerprint density at radius 1 is 1.37 bits per heavy atom. The van der Waals surface area contributed by atoms with Crippen LogP contribution in [0.25, 0.3) is 0 Å². The summed E-state index contributed by atoms with van der Waals surface area (Å²) < 4.78 is 0. The molecule has 0 aromatic heterocycles. The van der Waals surface area contributed by atoms with Gasteiger partial charge in [-0.1, -0.05) is 32.4 Å². The van der Waals surface area contributed by atoms with E-state index in [4.69, 9.17) is 5.11 Å². The monoisotopic (exact) mass is 264 g/mol. The topological polar surface area (TPSA) is 78.4 Å². The van der Waals surface area contributed by atoms with Crippen LogP contribution in [-0.2, 0) is 4.79 Å². The van der Waals surface area contributed by atoms with Crippen LogP contribution in [0, 0.1) is 12.8 Å². The lowest BCUT2D eigenvalue weighted by Gasteiger charge is -2.20. The number of aryl methyl sites for hydroxylation is 1. The van der Waals surface area contributed by atoms with Crippen LogP contribution in [0.3, 0.4) is 0 Å². The molecule has 104 valence electrons. The van der Waals surface area contributed by atoms with Crippen molar-refractivity contribution >= 4 is 17.7 Å². The Balaban J connectivity index is 2.65. The molecule has 0 saturated carbocycles. The summed E-state index contributed by atoms with van der Waals surface area (Å²) in [5.74, 6) is -1.14. The predicted octanol–water partition coefficient (Wildman–Crippen LogP) is 2.62. The van der Waals surface area contributed by atoms with E-state index in [0.29, 0.717) is 12.1 Å². The highest BCUT2D eigenvalue weighted by Crippen LogP contribution is 2.11. The summed E-state index contributed by atoms with van der Waals surface area (Å²) in [5, 5.41) is 14.2. The molecular formula is C14H20N2O3. The first-order valence-corrected chi connectivity index (χ1v) is 6.31. The molecule has 0 aliphatic rings. The third kappa shape index (κ3) is 4.62. The summed E-state index contributed by atoms with van der Waals surface area (Å²) in [4.78, 5) is 22.9. The van der Waals surface area contributed by atoms with Gasteiger partial charge in [-0.25, -0.2) is 9.59 Å². The molecular weight excluding hydrogens is 244 g/mol. The van der Waals surface area contributed by atoms with Crippen molar-refractivity contribution in [3.63, 3.8) is 0 Å². The molecule has 0 unspecified atom stereocenters. The number of urea groups is 1. The number of carboxylic acid groups (broad SMARTS) is 1. The SMILES string of the molecule is CC[C@@H](C)[C@H](NC(=O)Nc1cccc(C)c1)C(=O)O. The van der Waals surface area contributed by atoms with Crippen molar-refractivity contribution in [3.8, 4) is 0 Å². The fourth-order valence-electron chi connectivity index (χ4n) is 1.71. The first-order chi connectivity index (χ1) is 8.93. The Hall–Kier alpha value is -2.04. The zero-order valence-corrected chi connectivity index (χ0v) is 11.4. The molecule has 0 radical (unpaired) electrons. The smallest absolute Gasteiger partial charge is 0.326 e. The molecule has 19 heavy (non-hydrogen) atoms. The van der Waals surface area contributed by atoms with Gasteiger partial charge in [0.05, 0.1) is 0 Å². The molecule has 0 aliphatic carbocycles. The number of amides is 2. The number of carbonyl (C=O) groups excluding carboxylic acids is 1. The Kier molecular flexibility index (Phi) is 5.36. The minimum absolute atomic E-state index is 0.124. The normalized spacial score (nSPS) is 13.4. The average Bonchev–Trinajstić information content (AvgIpc) is 2.34. The fourth-order valence-corrected chi connectivity index (χ4v) is 1.71. The molecule has 1 aromatic carbocycles. The maximum atomic E-state index is 11.8. The van der Waals surface area contributed by atoms with Crippen molar-refractivity contribution in [2.75, 3.05) is 5.32 Å². The van der Waals surface area contributed by atoms with Crippen LogP contribution < -0.4 is 10.6 Å². The third-order valence-electron chi connectivity index (χ3n) is 3.04. The second kappa shape index (κ2) is 6.78. The molecule has 0 saturated heterocycles. The lowest BCUT2D eigenvalue weighted by Crippen LogP contribution is -2.46. The number of carbonyl (C=O) groups is 2. The van der Waals surface area contributed by atoms with Gasteiger partial charge in [0.15, 0.2) is 0 Å². The van der Waals surface area contributed by atoms with Gasteiger partial charge in [-0.3, -0.25) is 0 Å². The highest BCUT2D eigenvalue weighted by Gasteiger charge is 2.25. The summed E-state index contributed by atoms with van der Waals surface area (Å²) in [6.07, 6.45) is 0.682. The molecule has 0 bridgehead atoms. The molecule has 0 spiro atoms. The van der Waals surface area contributed by atoms with E-state index >= 15 is 0 Å². The maximum absolute atomic E-state index is 11.8. The van der Waals surface area contributed by atoms with Gasteiger partial charge in [0.1, 0.15) is 6.04 Å². The molecule has 5 heteroatoms. The summed E-state index contributed by atoms with van der Waals surface area (Å²) in [7, 11) is 0. The van der Waals surface area contributed by atoms with Gasteiger partial charge in [0.2, 0.25) is 0 Å². The van der Waals surface area contributed by atoms with Gasteiger partial charge in [-0.2, -0.15) is 0 Å². The Morgan fingerprint density at radius 3 is 2.58 bits per heavy atom. The Labute approximate surface area is 113 Å². The molecule has 5 nitrogen and oxygen atoms in total. The van der Waals surface area contributed by atoms with Crippen molar-refractivity contribution < 1.29 is 14.7 Å². The van der Waals surface area contributed by atoms with E-state index in [9.17, 15) is 9.59 Å². The minimum Gasteiger partial charge on any atom is -0.480 e. The number of nitrogens with one attached hydrogen (secondary N) is 2. The van der Waals surface area contributed by atoms with E-state index in [1.165, 1.54) is 0 Å². The van der Waals surface area contributed by atoms with Gasteiger partial charge in [0.25, 0.3) is 0 Å². The number of hydrogen-bond acceptors (Lipinski definition) is 2. The fraction of sp³-hybridized carbons (Fsp3) is 0.429. The largest absolute Gasteiger partial charge is 0.480 e. The lowest BCUT2D eigenvalue weighted by atomic mass is 9.99. The first-order valence-electron chi connectivity index (χ1n) is 6.31. The molecule has 0 fully saturated rings. The second-order valence-electron chi connectivity index (χ2n) is 4.67. The molecule has 1 rings (SSSR count). The van der Waals surface area contributed by atoms with E-state index in [2.05, 4.69) is 10.6 Å². The zero-order valence-electron chi connectivity index (χ0n) is 11.4. The number of aliphatic carboxylic acids is 1. The van der Waals surface area contributed by atoms with Crippen molar-refractivity contribution in [3.05, 3.63) is 29.8 Å². The van der Waals surface area contributed by atoms with Gasteiger partial charge in [0, 0.05) is 5.69 Å². The van der Waals surface area contributed by atoms with Crippen LogP contribution in [0.15, 0.2) is 24.3 Å². The zero-order chi connectivity index (χ0) is 14.4. The van der Waals surface area contributed by atoms with Gasteiger partial charge in [-0.05, 0) is 30.5 Å². The van der Waals surface area contributed by atoms with E-state index in [1.807, 2.05) is 32.0 Å². The highest BCUT2D eigenvalue weighted by molar-refractivity contribution is 5.92. The summed E-state index contributed by atoms with van der Waals surface area (Å²) in [6.45, 7) is 5.61. The van der Waals surface area contributed by atoms with Gasteiger partial charge < -0.3 is 15.7 Å². The van der Waals surface area contributed by atoms with Crippen molar-refractivity contribution in [1.82, 2.24) is 5.32 Å². The molecule has 1 aromatic rings. The van der Waals surface area contributed by atoms with Gasteiger partial charge >= 0.3 is 12.0 Å². The van der Waals surface area contributed by atoms with Gasteiger partial charge in [-0.15, -0.1) is 0 Å². The van der Waals surface area contributed by atoms with Crippen molar-refractivity contribution in [2.45, 2.75) is 33.2 Å². The summed E-state index contributed by atoms with van der Waals surface area (Å²) >= 11 is 0. The van der Waals surface area contributed by atoms with E-state index in [0.717, 1.165) is 5.56 Å². The number of carboxylic acids is 1. The molecule has 2 amide bonds. The van der Waals surface area contributed by atoms with Crippen LogP contribution in [0.5, 0.6) is 0 Å². The van der Waals surface area contributed by atoms with Crippen LogP contribution >= 0.6 is 0 Å². The Bertz CT molecular complexity index is 460. The van der Waals surface area contributed by atoms with Crippen LogP contribution in [-0.4, -0.2) is 23.1 Å². The average molecular weight is 264 g/mol. The van der Waals surface area contributed by atoms with Crippen LogP contribution in [0.1, 0.15) is 25.8 Å². The first kappa shape index (κ1) is 15.0. The molecule has 0 aliphatic heterocycles. The summed E-state index contributed by atoms with van der Waals surface area (Å²) in [6, 6.07) is 5.94.